The second-order valence-electron chi connectivity index (χ2n) is 4.30. The lowest BCUT2D eigenvalue weighted by Gasteiger charge is -2.25. The van der Waals surface area contributed by atoms with Gasteiger partial charge >= 0.3 is 0 Å². The van der Waals surface area contributed by atoms with Crippen molar-refractivity contribution in [3.05, 3.63) is 0 Å². The van der Waals surface area contributed by atoms with Crippen molar-refractivity contribution >= 4 is 15.7 Å². The van der Waals surface area contributed by atoms with E-state index in [0.717, 1.165) is 0 Å². The van der Waals surface area contributed by atoms with E-state index in [1.54, 1.807) is 0 Å². The minimum absolute atomic E-state index is 0.0796. The Morgan fingerprint density at radius 1 is 1.20 bits per heavy atom. The maximum Gasteiger partial charge on any atom is 0.221 e. The Labute approximate surface area is 89.5 Å². The smallest absolute Gasteiger partial charge is 0.221 e. The fraction of sp³-hybridized carbons (Fsp3) is 0.889. The molecule has 6 heteroatoms. The number of carbonyl (C=O) groups excluding carboxylic acids is 1. The van der Waals surface area contributed by atoms with Gasteiger partial charge in [0.05, 0.1) is 11.5 Å². The van der Waals surface area contributed by atoms with Crippen LogP contribution in [-0.2, 0) is 14.6 Å². The molecule has 1 unspecified atom stereocenters. The summed E-state index contributed by atoms with van der Waals surface area (Å²) < 4.78 is 22.4. The highest BCUT2D eigenvalue weighted by Gasteiger charge is 2.28. The number of amides is 1. The predicted molar refractivity (Wildman–Crippen MR) is 56.2 cm³/mol. The van der Waals surface area contributed by atoms with Crippen molar-refractivity contribution in [1.82, 2.24) is 10.6 Å². The second-order valence-corrected chi connectivity index (χ2v) is 6.60. The lowest BCUT2D eigenvalue weighted by Crippen LogP contribution is -2.43. The zero-order valence-corrected chi connectivity index (χ0v) is 9.35. The SMILES string of the molecule is O=C1CC(NC2CCS(=O)(=O)CC2)CN1. The summed E-state index contributed by atoms with van der Waals surface area (Å²) in [5, 5.41) is 6.09. The van der Waals surface area contributed by atoms with Crippen LogP contribution in [0.15, 0.2) is 0 Å². The molecule has 0 aromatic rings. The first-order valence-electron chi connectivity index (χ1n) is 5.28. The molecule has 2 heterocycles. The van der Waals surface area contributed by atoms with Crippen molar-refractivity contribution in [2.24, 2.45) is 0 Å². The van der Waals surface area contributed by atoms with Crippen molar-refractivity contribution in [3.8, 4) is 0 Å². The van der Waals surface area contributed by atoms with E-state index < -0.39 is 9.84 Å². The summed E-state index contributed by atoms with van der Waals surface area (Å²) in [5.41, 5.74) is 0. The molecule has 2 fully saturated rings. The van der Waals surface area contributed by atoms with Gasteiger partial charge in [-0.05, 0) is 12.8 Å². The van der Waals surface area contributed by atoms with Gasteiger partial charge in [0.1, 0.15) is 9.84 Å². The zero-order chi connectivity index (χ0) is 10.9. The molecule has 2 aliphatic rings. The number of sulfone groups is 1. The molecule has 0 aromatic heterocycles. The van der Waals surface area contributed by atoms with Crippen LogP contribution in [0.25, 0.3) is 0 Å². The van der Waals surface area contributed by atoms with Gasteiger partial charge in [-0.2, -0.15) is 0 Å². The van der Waals surface area contributed by atoms with E-state index in [0.29, 0.717) is 25.8 Å². The molecule has 0 spiro atoms. The number of hydrogen-bond acceptors (Lipinski definition) is 4. The van der Waals surface area contributed by atoms with Gasteiger partial charge in [0.15, 0.2) is 0 Å². The van der Waals surface area contributed by atoms with Gasteiger partial charge in [0.25, 0.3) is 0 Å². The topological polar surface area (TPSA) is 75.3 Å². The first-order valence-corrected chi connectivity index (χ1v) is 7.10. The van der Waals surface area contributed by atoms with Crippen LogP contribution in [0.5, 0.6) is 0 Å². The molecule has 5 nitrogen and oxygen atoms in total. The minimum Gasteiger partial charge on any atom is -0.354 e. The number of nitrogens with one attached hydrogen (secondary N) is 2. The summed E-state index contributed by atoms with van der Waals surface area (Å²) in [7, 11) is -2.78. The van der Waals surface area contributed by atoms with Crippen LogP contribution in [0.1, 0.15) is 19.3 Å². The quantitative estimate of drug-likeness (QED) is 0.643. The Morgan fingerprint density at radius 3 is 2.40 bits per heavy atom. The number of carbonyl (C=O) groups is 1. The average Bonchev–Trinajstić information content (AvgIpc) is 2.55. The molecule has 0 radical (unpaired) electrons. The molecule has 0 bridgehead atoms. The van der Waals surface area contributed by atoms with Crippen LogP contribution in [0, 0.1) is 0 Å². The third-order valence-electron chi connectivity index (χ3n) is 3.00. The minimum atomic E-state index is -2.78. The highest BCUT2D eigenvalue weighted by atomic mass is 32.2. The fourth-order valence-electron chi connectivity index (χ4n) is 2.11. The van der Waals surface area contributed by atoms with Crippen LogP contribution in [-0.4, -0.2) is 44.5 Å². The number of rotatable bonds is 2. The Balaban J connectivity index is 1.80. The first-order chi connectivity index (χ1) is 7.05. The molecule has 2 saturated heterocycles. The van der Waals surface area contributed by atoms with Crippen LogP contribution < -0.4 is 10.6 Å². The molecule has 0 saturated carbocycles. The molecule has 2 N–H and O–H groups in total. The molecule has 1 amide bonds. The van der Waals surface area contributed by atoms with Gasteiger partial charge in [-0.15, -0.1) is 0 Å². The van der Waals surface area contributed by atoms with Crippen molar-refractivity contribution in [2.45, 2.75) is 31.3 Å². The van der Waals surface area contributed by atoms with Crippen LogP contribution in [0.3, 0.4) is 0 Å². The highest BCUT2D eigenvalue weighted by molar-refractivity contribution is 7.91. The molecular weight excluding hydrogens is 216 g/mol. The lowest BCUT2D eigenvalue weighted by atomic mass is 10.1. The zero-order valence-electron chi connectivity index (χ0n) is 8.53. The molecule has 0 aromatic carbocycles. The molecule has 86 valence electrons. The first kappa shape index (κ1) is 10.9. The number of hydrogen-bond donors (Lipinski definition) is 2. The van der Waals surface area contributed by atoms with Crippen molar-refractivity contribution in [2.75, 3.05) is 18.1 Å². The molecule has 1 atom stereocenters. The maximum absolute atomic E-state index is 11.2. The van der Waals surface area contributed by atoms with E-state index in [1.165, 1.54) is 0 Å². The van der Waals surface area contributed by atoms with Gasteiger partial charge in [-0.1, -0.05) is 0 Å². The molecule has 2 rings (SSSR count). The van der Waals surface area contributed by atoms with E-state index in [9.17, 15) is 13.2 Å². The van der Waals surface area contributed by atoms with Crippen molar-refractivity contribution in [3.63, 3.8) is 0 Å². The van der Waals surface area contributed by atoms with Crippen LogP contribution >= 0.6 is 0 Å². The van der Waals surface area contributed by atoms with E-state index in [4.69, 9.17) is 0 Å². The molecule has 2 aliphatic heterocycles. The molecule has 0 aliphatic carbocycles. The summed E-state index contributed by atoms with van der Waals surface area (Å²) in [5.74, 6) is 0.633. The van der Waals surface area contributed by atoms with Gasteiger partial charge < -0.3 is 10.6 Å². The Morgan fingerprint density at radius 2 is 1.87 bits per heavy atom. The van der Waals surface area contributed by atoms with E-state index >= 15 is 0 Å². The summed E-state index contributed by atoms with van der Waals surface area (Å²) in [4.78, 5) is 11.0. The average molecular weight is 232 g/mol. The van der Waals surface area contributed by atoms with Crippen LogP contribution in [0.2, 0.25) is 0 Å². The maximum atomic E-state index is 11.2. The van der Waals surface area contributed by atoms with Gasteiger partial charge in [-0.3, -0.25) is 4.79 Å². The van der Waals surface area contributed by atoms with Gasteiger partial charge in [-0.25, -0.2) is 8.42 Å². The fourth-order valence-corrected chi connectivity index (χ4v) is 3.60. The Hall–Kier alpha value is -0.620. The predicted octanol–water partition coefficient (Wildman–Crippen LogP) is -0.958. The Bertz CT molecular complexity index is 338. The highest BCUT2D eigenvalue weighted by Crippen LogP contribution is 2.14. The third-order valence-corrected chi connectivity index (χ3v) is 4.72. The summed E-state index contributed by atoms with van der Waals surface area (Å²) in [6.07, 6.45) is 1.86. The normalized spacial score (nSPS) is 31.5. The van der Waals surface area contributed by atoms with Crippen molar-refractivity contribution in [1.29, 1.82) is 0 Å². The largest absolute Gasteiger partial charge is 0.354 e. The van der Waals surface area contributed by atoms with Crippen molar-refractivity contribution < 1.29 is 13.2 Å². The van der Waals surface area contributed by atoms with Gasteiger partial charge in [0, 0.05) is 25.0 Å². The van der Waals surface area contributed by atoms with E-state index in [1.807, 2.05) is 0 Å². The van der Waals surface area contributed by atoms with Gasteiger partial charge in [0.2, 0.25) is 5.91 Å². The Kier molecular flexibility index (Phi) is 2.97. The monoisotopic (exact) mass is 232 g/mol. The molecular formula is C9H16N2O3S. The van der Waals surface area contributed by atoms with E-state index in [-0.39, 0.29) is 29.5 Å². The lowest BCUT2D eigenvalue weighted by molar-refractivity contribution is -0.119. The van der Waals surface area contributed by atoms with Crippen LogP contribution in [0.4, 0.5) is 0 Å². The third kappa shape index (κ3) is 2.92. The second kappa shape index (κ2) is 4.09. The summed E-state index contributed by atoms with van der Waals surface area (Å²) in [6, 6.07) is 0.439. The summed E-state index contributed by atoms with van der Waals surface area (Å²) in [6.45, 7) is 0.669. The summed E-state index contributed by atoms with van der Waals surface area (Å²) >= 11 is 0. The standard InChI is InChI=1S/C9H16N2O3S/c12-9-5-8(6-10-9)11-7-1-3-15(13,14)4-2-7/h7-8,11H,1-6H2,(H,10,12). The van der Waals surface area contributed by atoms with E-state index in [2.05, 4.69) is 10.6 Å². The molecule has 15 heavy (non-hydrogen) atoms.